The average molecular weight is 304 g/mol. The molecular formula is C19H20N4. The number of rotatable bonds is 3. The third kappa shape index (κ3) is 2.96. The second-order valence-corrected chi connectivity index (χ2v) is 5.90. The van der Waals surface area contributed by atoms with E-state index in [1.165, 1.54) is 10.9 Å². The molecule has 0 aliphatic carbocycles. The van der Waals surface area contributed by atoms with Gasteiger partial charge in [0.1, 0.15) is 0 Å². The molecule has 1 fully saturated rings. The molecule has 3 heterocycles. The number of fused-ring (bicyclic) bond motifs is 1. The summed E-state index contributed by atoms with van der Waals surface area (Å²) in [5, 5.41) is 4.61. The molecule has 4 nitrogen and oxygen atoms in total. The molecule has 0 radical (unpaired) electrons. The molecule has 1 aliphatic heterocycles. The van der Waals surface area contributed by atoms with Crippen LogP contribution in [0.25, 0.3) is 10.9 Å². The first-order chi connectivity index (χ1) is 11.4. The Kier molecular flexibility index (Phi) is 4.01. The van der Waals surface area contributed by atoms with Crippen LogP contribution in [0.4, 0.5) is 0 Å². The van der Waals surface area contributed by atoms with Gasteiger partial charge in [0.2, 0.25) is 0 Å². The van der Waals surface area contributed by atoms with Crippen molar-refractivity contribution < 1.29 is 0 Å². The second kappa shape index (κ2) is 6.44. The molecule has 0 spiro atoms. The second-order valence-electron chi connectivity index (χ2n) is 5.90. The minimum absolute atomic E-state index is 0.162. The van der Waals surface area contributed by atoms with Gasteiger partial charge in [-0.25, -0.2) is 0 Å². The molecule has 2 aromatic heterocycles. The Labute approximate surface area is 136 Å². The summed E-state index contributed by atoms with van der Waals surface area (Å²) in [6, 6.07) is 16.8. The van der Waals surface area contributed by atoms with Gasteiger partial charge >= 0.3 is 0 Å². The lowest BCUT2D eigenvalue weighted by Gasteiger charge is -2.34. The van der Waals surface area contributed by atoms with Gasteiger partial charge in [0.25, 0.3) is 0 Å². The zero-order valence-electron chi connectivity index (χ0n) is 13.0. The Balaban J connectivity index is 1.79. The van der Waals surface area contributed by atoms with Crippen LogP contribution >= 0.6 is 0 Å². The zero-order chi connectivity index (χ0) is 15.5. The first-order valence-corrected chi connectivity index (χ1v) is 8.12. The molecule has 1 aromatic carbocycles. The van der Waals surface area contributed by atoms with Crippen molar-refractivity contribution in [2.45, 2.75) is 6.04 Å². The van der Waals surface area contributed by atoms with E-state index in [-0.39, 0.29) is 6.04 Å². The summed E-state index contributed by atoms with van der Waals surface area (Å²) in [6.45, 7) is 4.08. The van der Waals surface area contributed by atoms with Gasteiger partial charge in [-0.3, -0.25) is 14.9 Å². The SMILES string of the molecule is c1ccc(C(c2cnc3ccccc3c2)N2CCNCC2)nc1. The van der Waals surface area contributed by atoms with E-state index >= 15 is 0 Å². The van der Waals surface area contributed by atoms with Crippen molar-refractivity contribution in [1.29, 1.82) is 0 Å². The minimum Gasteiger partial charge on any atom is -0.314 e. The van der Waals surface area contributed by atoms with Gasteiger partial charge in [-0.1, -0.05) is 24.3 Å². The smallest absolute Gasteiger partial charge is 0.0792 e. The van der Waals surface area contributed by atoms with Crippen LogP contribution in [-0.2, 0) is 0 Å². The molecule has 3 aromatic rings. The van der Waals surface area contributed by atoms with Gasteiger partial charge in [0, 0.05) is 44.0 Å². The van der Waals surface area contributed by atoms with Gasteiger partial charge in [-0.05, 0) is 29.8 Å². The maximum atomic E-state index is 4.65. The number of benzene rings is 1. The molecule has 1 N–H and O–H groups in total. The van der Waals surface area contributed by atoms with Gasteiger partial charge in [-0.2, -0.15) is 0 Å². The van der Waals surface area contributed by atoms with Crippen LogP contribution in [0.5, 0.6) is 0 Å². The average Bonchev–Trinajstić information content (AvgIpc) is 2.64. The number of pyridine rings is 2. The van der Waals surface area contributed by atoms with Crippen molar-refractivity contribution >= 4 is 10.9 Å². The molecule has 4 rings (SSSR count). The molecule has 1 unspecified atom stereocenters. The van der Waals surface area contributed by atoms with Crippen LogP contribution in [0.3, 0.4) is 0 Å². The Bertz CT molecular complexity index is 781. The highest BCUT2D eigenvalue weighted by molar-refractivity contribution is 5.78. The molecule has 1 saturated heterocycles. The summed E-state index contributed by atoms with van der Waals surface area (Å²) < 4.78 is 0. The molecule has 0 amide bonds. The normalized spacial score (nSPS) is 17.2. The van der Waals surface area contributed by atoms with Crippen molar-refractivity contribution in [3.63, 3.8) is 0 Å². The van der Waals surface area contributed by atoms with Crippen LogP contribution in [0, 0.1) is 0 Å². The van der Waals surface area contributed by atoms with Gasteiger partial charge in [0.15, 0.2) is 0 Å². The maximum Gasteiger partial charge on any atom is 0.0792 e. The summed E-state index contributed by atoms with van der Waals surface area (Å²) in [5.74, 6) is 0. The summed E-state index contributed by atoms with van der Waals surface area (Å²) in [4.78, 5) is 11.8. The number of nitrogens with zero attached hydrogens (tertiary/aromatic N) is 3. The molecule has 23 heavy (non-hydrogen) atoms. The molecule has 4 heteroatoms. The van der Waals surface area contributed by atoms with E-state index in [1.54, 1.807) is 0 Å². The highest BCUT2D eigenvalue weighted by atomic mass is 15.2. The standard InChI is InChI=1S/C19H20N4/c1-2-6-17-15(5-1)13-16(14-22-17)19(18-7-3-4-8-21-18)23-11-9-20-10-12-23/h1-8,13-14,19-20H,9-12H2. The summed E-state index contributed by atoms with van der Waals surface area (Å²) in [7, 11) is 0. The van der Waals surface area contributed by atoms with Crippen LogP contribution in [-0.4, -0.2) is 41.0 Å². The lowest BCUT2D eigenvalue weighted by atomic mass is 10.0. The van der Waals surface area contributed by atoms with Crippen molar-refractivity contribution in [1.82, 2.24) is 20.2 Å². The van der Waals surface area contributed by atoms with E-state index in [2.05, 4.69) is 56.6 Å². The fourth-order valence-corrected chi connectivity index (χ4v) is 3.28. The summed E-state index contributed by atoms with van der Waals surface area (Å²) >= 11 is 0. The monoisotopic (exact) mass is 304 g/mol. The van der Waals surface area contributed by atoms with Gasteiger partial charge in [0.05, 0.1) is 17.3 Å². The first kappa shape index (κ1) is 14.3. The van der Waals surface area contributed by atoms with E-state index in [1.807, 2.05) is 24.5 Å². The summed E-state index contributed by atoms with van der Waals surface area (Å²) in [6.07, 6.45) is 3.88. The Morgan fingerprint density at radius 3 is 2.61 bits per heavy atom. The topological polar surface area (TPSA) is 41.1 Å². The molecular weight excluding hydrogens is 284 g/mol. The number of para-hydroxylation sites is 1. The Morgan fingerprint density at radius 1 is 0.957 bits per heavy atom. The highest BCUT2D eigenvalue weighted by Gasteiger charge is 2.25. The number of hydrogen-bond acceptors (Lipinski definition) is 4. The predicted octanol–water partition coefficient (Wildman–Crippen LogP) is 2.62. The molecule has 116 valence electrons. The number of hydrogen-bond donors (Lipinski definition) is 1. The fourth-order valence-electron chi connectivity index (χ4n) is 3.28. The van der Waals surface area contributed by atoms with Crippen LogP contribution in [0.2, 0.25) is 0 Å². The van der Waals surface area contributed by atoms with E-state index in [4.69, 9.17) is 0 Å². The first-order valence-electron chi connectivity index (χ1n) is 8.12. The minimum atomic E-state index is 0.162. The highest BCUT2D eigenvalue weighted by Crippen LogP contribution is 2.28. The van der Waals surface area contributed by atoms with Crippen molar-refractivity contribution in [3.8, 4) is 0 Å². The number of piperazine rings is 1. The van der Waals surface area contributed by atoms with Gasteiger partial charge in [-0.15, -0.1) is 0 Å². The van der Waals surface area contributed by atoms with Crippen molar-refractivity contribution in [3.05, 3.63) is 72.2 Å². The van der Waals surface area contributed by atoms with Crippen LogP contribution < -0.4 is 5.32 Å². The van der Waals surface area contributed by atoms with Crippen molar-refractivity contribution in [2.24, 2.45) is 0 Å². The van der Waals surface area contributed by atoms with E-state index < -0.39 is 0 Å². The lowest BCUT2D eigenvalue weighted by molar-refractivity contribution is 0.195. The van der Waals surface area contributed by atoms with Crippen molar-refractivity contribution in [2.75, 3.05) is 26.2 Å². The Hall–Kier alpha value is -2.30. The van der Waals surface area contributed by atoms with Gasteiger partial charge < -0.3 is 5.32 Å². The Morgan fingerprint density at radius 2 is 1.78 bits per heavy atom. The molecule has 0 saturated carbocycles. The van der Waals surface area contributed by atoms with E-state index in [0.717, 1.165) is 37.4 Å². The third-order valence-electron chi connectivity index (χ3n) is 4.41. The maximum absolute atomic E-state index is 4.65. The summed E-state index contributed by atoms with van der Waals surface area (Å²) in [5.41, 5.74) is 3.34. The zero-order valence-corrected chi connectivity index (χ0v) is 13.0. The largest absolute Gasteiger partial charge is 0.314 e. The molecule has 1 atom stereocenters. The van der Waals surface area contributed by atoms with E-state index in [0.29, 0.717) is 0 Å². The predicted molar refractivity (Wildman–Crippen MR) is 92.3 cm³/mol. The lowest BCUT2D eigenvalue weighted by Crippen LogP contribution is -2.45. The quantitative estimate of drug-likeness (QED) is 0.807. The number of aromatic nitrogens is 2. The third-order valence-corrected chi connectivity index (χ3v) is 4.41. The number of nitrogens with one attached hydrogen (secondary N) is 1. The fraction of sp³-hybridized carbons (Fsp3) is 0.263. The van der Waals surface area contributed by atoms with E-state index in [9.17, 15) is 0 Å². The molecule has 1 aliphatic rings. The molecule has 0 bridgehead atoms. The van der Waals surface area contributed by atoms with Crippen LogP contribution in [0.1, 0.15) is 17.3 Å². The van der Waals surface area contributed by atoms with Crippen LogP contribution in [0.15, 0.2) is 60.9 Å².